The van der Waals surface area contributed by atoms with E-state index in [-0.39, 0.29) is 6.79 Å². The lowest BCUT2D eigenvalue weighted by Gasteiger charge is -2.00. The van der Waals surface area contributed by atoms with Gasteiger partial charge < -0.3 is 19.8 Å². The zero-order valence-electron chi connectivity index (χ0n) is 9.79. The SMILES string of the molecule is CNCc1nc(-c2ccc3c(c2)OCO3)c(Br)[nH]1. The number of hydrogen-bond acceptors (Lipinski definition) is 4. The molecule has 0 bridgehead atoms. The molecule has 2 aromatic rings. The molecule has 0 amide bonds. The van der Waals surface area contributed by atoms with Gasteiger partial charge in [-0.05, 0) is 41.2 Å². The number of rotatable bonds is 3. The molecule has 94 valence electrons. The second-order valence-electron chi connectivity index (χ2n) is 3.94. The molecule has 0 spiro atoms. The molecule has 0 fully saturated rings. The van der Waals surface area contributed by atoms with Crippen LogP contribution in [0.25, 0.3) is 11.3 Å². The molecule has 0 saturated carbocycles. The Labute approximate surface area is 113 Å². The fraction of sp³-hybridized carbons (Fsp3) is 0.250. The Morgan fingerprint density at radius 1 is 1.39 bits per heavy atom. The van der Waals surface area contributed by atoms with Crippen LogP contribution in [0.4, 0.5) is 0 Å². The summed E-state index contributed by atoms with van der Waals surface area (Å²) >= 11 is 3.49. The summed E-state index contributed by atoms with van der Waals surface area (Å²) in [4.78, 5) is 7.72. The third kappa shape index (κ3) is 1.97. The number of imidazole rings is 1. The summed E-state index contributed by atoms with van der Waals surface area (Å²) in [5, 5.41) is 3.06. The van der Waals surface area contributed by atoms with Crippen molar-refractivity contribution in [3.8, 4) is 22.8 Å². The predicted molar refractivity (Wildman–Crippen MR) is 70.6 cm³/mol. The van der Waals surface area contributed by atoms with Crippen LogP contribution in [0.3, 0.4) is 0 Å². The number of benzene rings is 1. The van der Waals surface area contributed by atoms with Crippen molar-refractivity contribution in [1.29, 1.82) is 0 Å². The number of nitrogens with one attached hydrogen (secondary N) is 2. The lowest BCUT2D eigenvalue weighted by atomic mass is 10.1. The van der Waals surface area contributed by atoms with Gasteiger partial charge in [0.2, 0.25) is 6.79 Å². The average Bonchev–Trinajstić information content (AvgIpc) is 2.95. The Balaban J connectivity index is 1.99. The van der Waals surface area contributed by atoms with E-state index < -0.39 is 0 Å². The van der Waals surface area contributed by atoms with Gasteiger partial charge in [-0.2, -0.15) is 0 Å². The largest absolute Gasteiger partial charge is 0.454 e. The molecular weight excluding hydrogens is 298 g/mol. The van der Waals surface area contributed by atoms with Gasteiger partial charge in [0.1, 0.15) is 16.1 Å². The Bertz CT molecular complexity index is 583. The molecule has 18 heavy (non-hydrogen) atoms. The number of ether oxygens (including phenoxy) is 2. The summed E-state index contributed by atoms with van der Waals surface area (Å²) in [7, 11) is 1.89. The Hall–Kier alpha value is -1.53. The van der Waals surface area contributed by atoms with E-state index >= 15 is 0 Å². The third-order valence-corrected chi connectivity index (χ3v) is 3.27. The molecule has 2 N–H and O–H groups in total. The van der Waals surface area contributed by atoms with Crippen LogP contribution >= 0.6 is 15.9 Å². The van der Waals surface area contributed by atoms with Gasteiger partial charge in [-0.1, -0.05) is 0 Å². The first-order valence-corrected chi connectivity index (χ1v) is 6.36. The number of aromatic amines is 1. The van der Waals surface area contributed by atoms with E-state index in [9.17, 15) is 0 Å². The number of halogens is 1. The van der Waals surface area contributed by atoms with Crippen molar-refractivity contribution in [3.63, 3.8) is 0 Å². The predicted octanol–water partition coefficient (Wildman–Crippen LogP) is 2.29. The molecule has 0 saturated heterocycles. The molecule has 0 radical (unpaired) electrons. The standard InChI is InChI=1S/C12H12BrN3O2/c1-14-5-10-15-11(12(13)16-10)7-2-3-8-9(4-7)18-6-17-8/h2-4,14H,5-6H2,1H3,(H,15,16). The third-order valence-electron chi connectivity index (χ3n) is 2.70. The second-order valence-corrected chi connectivity index (χ2v) is 4.74. The summed E-state index contributed by atoms with van der Waals surface area (Å²) in [5.41, 5.74) is 1.86. The Morgan fingerprint density at radius 3 is 3.06 bits per heavy atom. The first kappa shape index (κ1) is 11.6. The molecule has 3 rings (SSSR count). The molecule has 5 nitrogen and oxygen atoms in total. The summed E-state index contributed by atoms with van der Waals surface area (Å²) < 4.78 is 11.5. The molecule has 0 atom stereocenters. The van der Waals surface area contributed by atoms with Crippen molar-refractivity contribution in [2.45, 2.75) is 6.54 Å². The van der Waals surface area contributed by atoms with E-state index in [0.717, 1.165) is 33.2 Å². The minimum absolute atomic E-state index is 0.283. The number of aromatic nitrogens is 2. The highest BCUT2D eigenvalue weighted by molar-refractivity contribution is 9.10. The molecule has 0 unspecified atom stereocenters. The maximum atomic E-state index is 5.37. The first-order chi connectivity index (χ1) is 8.78. The highest BCUT2D eigenvalue weighted by Crippen LogP contribution is 2.37. The van der Waals surface area contributed by atoms with Crippen LogP contribution in [0.2, 0.25) is 0 Å². The van der Waals surface area contributed by atoms with Gasteiger partial charge in [0.05, 0.1) is 6.54 Å². The molecule has 2 heterocycles. The van der Waals surface area contributed by atoms with Gasteiger partial charge in [0, 0.05) is 5.56 Å². The smallest absolute Gasteiger partial charge is 0.231 e. The zero-order valence-corrected chi connectivity index (χ0v) is 11.4. The zero-order chi connectivity index (χ0) is 12.5. The highest BCUT2D eigenvalue weighted by Gasteiger charge is 2.16. The topological polar surface area (TPSA) is 59.2 Å². The minimum Gasteiger partial charge on any atom is -0.454 e. The van der Waals surface area contributed by atoms with Gasteiger partial charge in [-0.3, -0.25) is 0 Å². The summed E-state index contributed by atoms with van der Waals surface area (Å²) in [6.45, 7) is 0.981. The Morgan fingerprint density at radius 2 is 2.22 bits per heavy atom. The van der Waals surface area contributed by atoms with Crippen LogP contribution in [-0.4, -0.2) is 23.8 Å². The van der Waals surface area contributed by atoms with Gasteiger partial charge in [-0.15, -0.1) is 0 Å². The molecule has 1 aliphatic heterocycles. The van der Waals surface area contributed by atoms with Crippen LogP contribution in [0.5, 0.6) is 11.5 Å². The number of H-pyrrole nitrogens is 1. The molecular formula is C12H12BrN3O2. The monoisotopic (exact) mass is 309 g/mol. The van der Waals surface area contributed by atoms with E-state index in [1.807, 2.05) is 25.2 Å². The number of fused-ring (bicyclic) bond motifs is 1. The van der Waals surface area contributed by atoms with E-state index in [2.05, 4.69) is 31.2 Å². The maximum Gasteiger partial charge on any atom is 0.231 e. The molecule has 1 aliphatic rings. The number of hydrogen-bond donors (Lipinski definition) is 2. The van der Waals surface area contributed by atoms with Crippen LogP contribution in [-0.2, 0) is 6.54 Å². The van der Waals surface area contributed by atoms with Crippen molar-refractivity contribution in [3.05, 3.63) is 28.6 Å². The maximum absolute atomic E-state index is 5.37. The minimum atomic E-state index is 0.283. The van der Waals surface area contributed by atoms with Crippen molar-refractivity contribution in [1.82, 2.24) is 15.3 Å². The molecule has 1 aromatic carbocycles. The summed E-state index contributed by atoms with van der Waals surface area (Å²) in [6.07, 6.45) is 0. The molecule has 6 heteroatoms. The van der Waals surface area contributed by atoms with Crippen LogP contribution in [0.15, 0.2) is 22.8 Å². The highest BCUT2D eigenvalue weighted by atomic mass is 79.9. The van der Waals surface area contributed by atoms with Crippen molar-refractivity contribution in [2.75, 3.05) is 13.8 Å². The van der Waals surface area contributed by atoms with Crippen LogP contribution in [0, 0.1) is 0 Å². The van der Waals surface area contributed by atoms with Gasteiger partial charge in [0.25, 0.3) is 0 Å². The summed E-state index contributed by atoms with van der Waals surface area (Å²) in [6, 6.07) is 5.81. The van der Waals surface area contributed by atoms with Gasteiger partial charge in [0.15, 0.2) is 11.5 Å². The van der Waals surface area contributed by atoms with E-state index in [0.29, 0.717) is 6.54 Å². The molecule has 1 aromatic heterocycles. The van der Waals surface area contributed by atoms with Gasteiger partial charge >= 0.3 is 0 Å². The summed E-state index contributed by atoms with van der Waals surface area (Å²) in [5.74, 6) is 2.43. The lowest BCUT2D eigenvalue weighted by Crippen LogP contribution is -2.06. The number of nitrogens with zero attached hydrogens (tertiary/aromatic N) is 1. The van der Waals surface area contributed by atoms with E-state index in [1.54, 1.807) is 0 Å². The lowest BCUT2D eigenvalue weighted by molar-refractivity contribution is 0.174. The fourth-order valence-corrected chi connectivity index (χ4v) is 2.43. The average molecular weight is 310 g/mol. The first-order valence-electron chi connectivity index (χ1n) is 5.57. The van der Waals surface area contributed by atoms with Gasteiger partial charge in [-0.25, -0.2) is 4.98 Å². The van der Waals surface area contributed by atoms with Crippen LogP contribution in [0.1, 0.15) is 5.82 Å². The fourth-order valence-electron chi connectivity index (χ4n) is 1.88. The molecule has 0 aliphatic carbocycles. The van der Waals surface area contributed by atoms with Crippen LogP contribution < -0.4 is 14.8 Å². The normalized spacial score (nSPS) is 13.0. The second kappa shape index (κ2) is 4.62. The van der Waals surface area contributed by atoms with Crippen molar-refractivity contribution >= 4 is 15.9 Å². The Kier molecular flexibility index (Phi) is 2.97. The quantitative estimate of drug-likeness (QED) is 0.913. The van der Waals surface area contributed by atoms with E-state index in [4.69, 9.17) is 9.47 Å². The van der Waals surface area contributed by atoms with Crippen molar-refractivity contribution in [2.24, 2.45) is 0 Å². The van der Waals surface area contributed by atoms with Crippen molar-refractivity contribution < 1.29 is 9.47 Å². The van der Waals surface area contributed by atoms with E-state index in [1.165, 1.54) is 0 Å².